The quantitative estimate of drug-likeness (QED) is 0.628. The molecule has 1 atom stereocenters. The number of rotatable bonds is 3. The Kier molecular flexibility index (Phi) is 3.62. The van der Waals surface area contributed by atoms with E-state index in [0.29, 0.717) is 0 Å². The fourth-order valence-electron chi connectivity index (χ4n) is 1.66. The van der Waals surface area contributed by atoms with Crippen LogP contribution in [0.1, 0.15) is 21.8 Å². The van der Waals surface area contributed by atoms with Gasteiger partial charge in [-0.2, -0.15) is 9.65 Å². The standard InChI is InChI=1S/C14H8F2N2O/c15-11-3-1-9(2-4-11)14(19)12(8-17)10-5-6-18-13(16)7-10/h1-7,12H. The Morgan fingerprint density at radius 1 is 1.21 bits per heavy atom. The molecule has 2 aromatic rings. The molecule has 1 aromatic carbocycles. The lowest BCUT2D eigenvalue weighted by Gasteiger charge is -2.08. The topological polar surface area (TPSA) is 53.8 Å². The Morgan fingerprint density at radius 2 is 1.89 bits per heavy atom. The zero-order valence-corrected chi connectivity index (χ0v) is 9.68. The van der Waals surface area contributed by atoms with Crippen LogP contribution in [0.2, 0.25) is 0 Å². The fraction of sp³-hybridized carbons (Fsp3) is 0.0714. The highest BCUT2D eigenvalue weighted by molar-refractivity contribution is 6.02. The van der Waals surface area contributed by atoms with E-state index in [1.807, 2.05) is 6.07 Å². The van der Waals surface area contributed by atoms with Crippen molar-refractivity contribution in [3.63, 3.8) is 0 Å². The summed E-state index contributed by atoms with van der Waals surface area (Å²) in [7, 11) is 0. The first-order valence-electron chi connectivity index (χ1n) is 5.42. The van der Waals surface area contributed by atoms with Gasteiger partial charge in [-0.15, -0.1) is 0 Å². The van der Waals surface area contributed by atoms with Crippen LogP contribution in [0, 0.1) is 23.1 Å². The Morgan fingerprint density at radius 3 is 2.47 bits per heavy atom. The van der Waals surface area contributed by atoms with E-state index >= 15 is 0 Å². The second-order valence-corrected chi connectivity index (χ2v) is 3.85. The van der Waals surface area contributed by atoms with Crippen LogP contribution in [0.15, 0.2) is 42.6 Å². The summed E-state index contributed by atoms with van der Waals surface area (Å²) in [5, 5.41) is 9.07. The summed E-state index contributed by atoms with van der Waals surface area (Å²) >= 11 is 0. The molecule has 1 heterocycles. The molecule has 0 spiro atoms. The van der Waals surface area contributed by atoms with Gasteiger partial charge in [-0.25, -0.2) is 9.37 Å². The third kappa shape index (κ3) is 2.80. The van der Waals surface area contributed by atoms with Crippen LogP contribution < -0.4 is 0 Å². The van der Waals surface area contributed by atoms with E-state index in [-0.39, 0.29) is 11.1 Å². The Bertz CT molecular complexity index is 647. The predicted octanol–water partition coefficient (Wildman–Crippen LogP) is 2.85. The first kappa shape index (κ1) is 12.8. The molecule has 2 rings (SSSR count). The highest BCUT2D eigenvalue weighted by Gasteiger charge is 2.22. The lowest BCUT2D eigenvalue weighted by Crippen LogP contribution is -2.11. The SMILES string of the molecule is N#CC(C(=O)c1ccc(F)cc1)c1ccnc(F)c1. The van der Waals surface area contributed by atoms with Crippen molar-refractivity contribution in [1.29, 1.82) is 5.26 Å². The monoisotopic (exact) mass is 258 g/mol. The van der Waals surface area contributed by atoms with Crippen molar-refractivity contribution >= 4 is 5.78 Å². The molecule has 0 aliphatic rings. The minimum atomic E-state index is -1.14. The second kappa shape index (κ2) is 5.36. The van der Waals surface area contributed by atoms with Gasteiger partial charge in [0.1, 0.15) is 11.7 Å². The average molecular weight is 258 g/mol. The molecule has 0 saturated carbocycles. The summed E-state index contributed by atoms with van der Waals surface area (Å²) < 4.78 is 25.8. The van der Waals surface area contributed by atoms with Crippen molar-refractivity contribution in [1.82, 2.24) is 4.98 Å². The highest BCUT2D eigenvalue weighted by atomic mass is 19.1. The van der Waals surface area contributed by atoms with E-state index in [1.165, 1.54) is 24.4 Å². The van der Waals surface area contributed by atoms with E-state index in [1.54, 1.807) is 0 Å². The first-order chi connectivity index (χ1) is 9.11. The molecule has 0 aliphatic heterocycles. The number of pyridine rings is 1. The third-order valence-electron chi connectivity index (χ3n) is 2.60. The van der Waals surface area contributed by atoms with Crippen molar-refractivity contribution in [3.8, 4) is 6.07 Å². The molecule has 5 heteroatoms. The number of aromatic nitrogens is 1. The zero-order valence-electron chi connectivity index (χ0n) is 9.68. The number of ketones is 1. The number of Topliss-reactive ketones (excluding diaryl/α,β-unsaturated/α-hetero) is 1. The van der Waals surface area contributed by atoms with Gasteiger partial charge in [0, 0.05) is 11.8 Å². The van der Waals surface area contributed by atoms with Gasteiger partial charge in [-0.05, 0) is 42.0 Å². The van der Waals surface area contributed by atoms with Crippen molar-refractivity contribution in [2.24, 2.45) is 0 Å². The van der Waals surface area contributed by atoms with E-state index < -0.39 is 23.5 Å². The van der Waals surface area contributed by atoms with Crippen molar-refractivity contribution in [2.45, 2.75) is 5.92 Å². The molecule has 3 nitrogen and oxygen atoms in total. The van der Waals surface area contributed by atoms with Crippen LogP contribution in [0.3, 0.4) is 0 Å². The minimum absolute atomic E-state index is 0.199. The van der Waals surface area contributed by atoms with Gasteiger partial charge in [0.15, 0.2) is 5.78 Å². The number of hydrogen-bond acceptors (Lipinski definition) is 3. The van der Waals surface area contributed by atoms with E-state index in [0.717, 1.165) is 18.2 Å². The smallest absolute Gasteiger partial charge is 0.213 e. The maximum absolute atomic E-state index is 13.0. The van der Waals surface area contributed by atoms with Crippen molar-refractivity contribution in [3.05, 3.63) is 65.5 Å². The molecule has 0 saturated heterocycles. The molecule has 0 fully saturated rings. The Labute approximate surface area is 108 Å². The molecular formula is C14H8F2N2O. The van der Waals surface area contributed by atoms with Crippen LogP contribution in [0.25, 0.3) is 0 Å². The van der Waals surface area contributed by atoms with E-state index in [4.69, 9.17) is 5.26 Å². The van der Waals surface area contributed by atoms with Crippen LogP contribution in [-0.2, 0) is 0 Å². The van der Waals surface area contributed by atoms with E-state index in [9.17, 15) is 13.6 Å². The lowest BCUT2D eigenvalue weighted by molar-refractivity contribution is 0.0979. The number of carbonyl (C=O) groups is 1. The maximum Gasteiger partial charge on any atom is 0.213 e. The van der Waals surface area contributed by atoms with Gasteiger partial charge in [-0.3, -0.25) is 4.79 Å². The predicted molar refractivity (Wildman–Crippen MR) is 63.3 cm³/mol. The Hall–Kier alpha value is -2.61. The third-order valence-corrected chi connectivity index (χ3v) is 2.60. The van der Waals surface area contributed by atoms with Crippen LogP contribution >= 0.6 is 0 Å². The number of carbonyl (C=O) groups excluding carboxylic acids is 1. The average Bonchev–Trinajstić information content (AvgIpc) is 2.40. The molecule has 1 unspecified atom stereocenters. The summed E-state index contributed by atoms with van der Waals surface area (Å²) in [6, 6.07) is 9.11. The van der Waals surface area contributed by atoms with Gasteiger partial charge < -0.3 is 0 Å². The summed E-state index contributed by atoms with van der Waals surface area (Å²) in [4.78, 5) is 15.5. The fourth-order valence-corrected chi connectivity index (χ4v) is 1.66. The van der Waals surface area contributed by atoms with Gasteiger partial charge in [0.2, 0.25) is 5.95 Å². The summed E-state index contributed by atoms with van der Waals surface area (Å²) in [6.45, 7) is 0. The van der Waals surface area contributed by atoms with Crippen molar-refractivity contribution in [2.75, 3.05) is 0 Å². The summed E-state index contributed by atoms with van der Waals surface area (Å²) in [5.74, 6) is -2.87. The molecule has 94 valence electrons. The Balaban J connectivity index is 2.35. The molecule has 0 aliphatic carbocycles. The minimum Gasteiger partial charge on any atom is -0.292 e. The van der Waals surface area contributed by atoms with Gasteiger partial charge >= 0.3 is 0 Å². The van der Waals surface area contributed by atoms with E-state index in [2.05, 4.69) is 4.98 Å². The van der Waals surface area contributed by atoms with Crippen LogP contribution in [0.5, 0.6) is 0 Å². The van der Waals surface area contributed by atoms with Gasteiger partial charge in [0.25, 0.3) is 0 Å². The molecule has 0 bridgehead atoms. The van der Waals surface area contributed by atoms with Gasteiger partial charge in [-0.1, -0.05) is 0 Å². The molecule has 0 radical (unpaired) electrons. The lowest BCUT2D eigenvalue weighted by atomic mass is 9.92. The number of halogens is 2. The molecule has 19 heavy (non-hydrogen) atoms. The van der Waals surface area contributed by atoms with Crippen LogP contribution in [-0.4, -0.2) is 10.8 Å². The zero-order chi connectivity index (χ0) is 13.8. The number of nitrogens with zero attached hydrogens (tertiary/aromatic N) is 2. The highest BCUT2D eigenvalue weighted by Crippen LogP contribution is 2.20. The summed E-state index contributed by atoms with van der Waals surface area (Å²) in [6.07, 6.45) is 1.19. The molecule has 0 amide bonds. The largest absolute Gasteiger partial charge is 0.292 e. The molecule has 0 N–H and O–H groups in total. The number of nitriles is 1. The molecule has 1 aromatic heterocycles. The van der Waals surface area contributed by atoms with Crippen molar-refractivity contribution < 1.29 is 13.6 Å². The number of benzene rings is 1. The van der Waals surface area contributed by atoms with Crippen LogP contribution in [0.4, 0.5) is 8.78 Å². The second-order valence-electron chi connectivity index (χ2n) is 3.85. The maximum atomic E-state index is 13.0. The normalized spacial score (nSPS) is 11.6. The van der Waals surface area contributed by atoms with Gasteiger partial charge in [0.05, 0.1) is 6.07 Å². The first-order valence-corrected chi connectivity index (χ1v) is 5.42. The summed E-state index contributed by atoms with van der Waals surface area (Å²) in [5.41, 5.74) is 0.425. The molecular weight excluding hydrogens is 250 g/mol. The number of hydrogen-bond donors (Lipinski definition) is 0.